The lowest BCUT2D eigenvalue weighted by atomic mass is 9.57. The van der Waals surface area contributed by atoms with Crippen LogP contribution in [0.5, 0.6) is 5.75 Å². The van der Waals surface area contributed by atoms with Crippen molar-refractivity contribution in [2.24, 2.45) is 0 Å². The maximum absolute atomic E-state index is 10.3. The van der Waals surface area contributed by atoms with Crippen molar-refractivity contribution in [2.75, 3.05) is 0 Å². The number of hydrogen-bond donors (Lipinski definition) is 2. The van der Waals surface area contributed by atoms with Gasteiger partial charge in [-0.15, -0.1) is 0 Å². The van der Waals surface area contributed by atoms with Crippen molar-refractivity contribution in [2.45, 2.75) is 169 Å². The second-order valence-electron chi connectivity index (χ2n) is 18.3. The van der Waals surface area contributed by atoms with Crippen molar-refractivity contribution in [1.82, 2.24) is 0 Å². The van der Waals surface area contributed by atoms with Gasteiger partial charge in [0.15, 0.2) is 0 Å². The highest BCUT2D eigenvalue weighted by atomic mass is 31.2. The topological polar surface area (TPSA) is 49.7 Å². The van der Waals surface area contributed by atoms with Crippen molar-refractivity contribution in [3.8, 4) is 5.75 Å². The molecule has 4 heteroatoms. The molecule has 48 heavy (non-hydrogen) atoms. The smallest absolute Gasteiger partial charge is 0.391 e. The van der Waals surface area contributed by atoms with Crippen molar-refractivity contribution in [3.63, 3.8) is 0 Å². The molecule has 0 fully saturated rings. The lowest BCUT2D eigenvalue weighted by Gasteiger charge is -2.46. The van der Waals surface area contributed by atoms with Crippen LogP contribution < -0.4 is 4.52 Å². The summed E-state index contributed by atoms with van der Waals surface area (Å²) in [5, 5.41) is 0. The van der Waals surface area contributed by atoms with Crippen molar-refractivity contribution in [3.05, 3.63) is 98.6 Å². The molecule has 0 bridgehead atoms. The maximum Gasteiger partial charge on any atom is 0.391 e. The molecule has 0 atom stereocenters. The highest BCUT2D eigenvalue weighted by molar-refractivity contribution is 7.39. The largest absolute Gasteiger partial charge is 0.427 e. The summed E-state index contributed by atoms with van der Waals surface area (Å²) >= 11 is 0. The summed E-state index contributed by atoms with van der Waals surface area (Å²) in [6.07, 6.45) is 6.68. The van der Waals surface area contributed by atoms with E-state index in [1.807, 2.05) is 12.1 Å². The van der Waals surface area contributed by atoms with Gasteiger partial charge in [0.1, 0.15) is 5.75 Å². The average molecular weight is 675 g/mol. The van der Waals surface area contributed by atoms with Gasteiger partial charge in [0.05, 0.1) is 0 Å². The van der Waals surface area contributed by atoms with Crippen LogP contribution in [0.1, 0.15) is 179 Å². The van der Waals surface area contributed by atoms with Gasteiger partial charge in [-0.2, -0.15) is 0 Å². The quantitative estimate of drug-likeness (QED) is 0.121. The van der Waals surface area contributed by atoms with Gasteiger partial charge >= 0.3 is 8.60 Å². The Balaban J connectivity index is 2.77. The first-order valence-corrected chi connectivity index (χ1v) is 19.4. The second-order valence-corrected chi connectivity index (χ2v) is 19.0. The molecule has 3 nitrogen and oxygen atoms in total. The van der Waals surface area contributed by atoms with Crippen LogP contribution >= 0.6 is 8.60 Å². The first-order valence-electron chi connectivity index (χ1n) is 18.2. The lowest BCUT2D eigenvalue weighted by Crippen LogP contribution is -2.38. The van der Waals surface area contributed by atoms with E-state index in [1.54, 1.807) is 0 Å². The third-order valence-corrected chi connectivity index (χ3v) is 10.4. The number of benzene rings is 3. The SMILES string of the molecule is CCCCCCCC(c1ccccc1OP(O)O)(c1c(C)cc(C(C)(C)C)cc1C(C)(C)C)c1c(C)cc(C(C)(C)C)cc1C(C)(C)C. The minimum Gasteiger partial charge on any atom is -0.427 e. The Morgan fingerprint density at radius 3 is 1.40 bits per heavy atom. The van der Waals surface area contributed by atoms with E-state index in [-0.39, 0.29) is 21.7 Å². The molecule has 0 amide bonds. The summed E-state index contributed by atoms with van der Waals surface area (Å²) in [5.74, 6) is 0.542. The molecule has 3 aromatic carbocycles. The minimum atomic E-state index is -2.62. The van der Waals surface area contributed by atoms with Crippen LogP contribution in [0.2, 0.25) is 0 Å². The monoisotopic (exact) mass is 674 g/mol. The number of hydrogen-bond acceptors (Lipinski definition) is 3. The van der Waals surface area contributed by atoms with Gasteiger partial charge in [0.2, 0.25) is 0 Å². The molecule has 0 heterocycles. The fourth-order valence-electron chi connectivity index (χ4n) is 7.52. The summed E-state index contributed by atoms with van der Waals surface area (Å²) in [7, 11) is -2.62. The number of rotatable bonds is 11. The summed E-state index contributed by atoms with van der Waals surface area (Å²) in [6.45, 7) is 34.7. The standard InChI is InChI=1S/C44H67O3P/c1-16-17-18-19-22-25-44(34-23-20-21-24-37(34)47-48(45)46,38-30(2)26-32(40(4,5)6)28-35(38)42(10,11)12)39-31(3)27-33(41(7,8)9)29-36(39)43(13,14)15/h20-21,23-24,26-29,45-46H,16-19,22,25H2,1-15H3. The molecule has 0 spiro atoms. The molecule has 0 saturated carbocycles. The van der Waals surface area contributed by atoms with E-state index in [1.165, 1.54) is 63.8 Å². The molecule has 0 aromatic heterocycles. The third-order valence-electron chi connectivity index (χ3n) is 10.1. The zero-order chi connectivity index (χ0) is 36.5. The predicted molar refractivity (Wildman–Crippen MR) is 209 cm³/mol. The second kappa shape index (κ2) is 15.0. The van der Waals surface area contributed by atoms with Crippen LogP contribution in [-0.4, -0.2) is 9.79 Å². The summed E-state index contributed by atoms with van der Waals surface area (Å²) in [5.41, 5.74) is 10.6. The lowest BCUT2D eigenvalue weighted by molar-refractivity contribution is 0.367. The molecule has 0 unspecified atom stereocenters. The molecule has 0 saturated heterocycles. The van der Waals surface area contributed by atoms with E-state index in [4.69, 9.17) is 4.52 Å². The number of unbranched alkanes of at least 4 members (excludes halogenated alkanes) is 4. The third kappa shape index (κ3) is 8.93. The van der Waals surface area contributed by atoms with Gasteiger partial charge in [0.25, 0.3) is 0 Å². The van der Waals surface area contributed by atoms with E-state index >= 15 is 0 Å². The van der Waals surface area contributed by atoms with E-state index in [9.17, 15) is 9.79 Å². The van der Waals surface area contributed by atoms with Crippen LogP contribution in [0, 0.1) is 13.8 Å². The molecule has 2 N–H and O–H groups in total. The molecule has 266 valence electrons. The summed E-state index contributed by atoms with van der Waals surface area (Å²) in [6, 6.07) is 17.9. The first-order chi connectivity index (χ1) is 22.0. The zero-order valence-corrected chi connectivity index (χ0v) is 34.0. The van der Waals surface area contributed by atoms with E-state index in [0.29, 0.717) is 5.75 Å². The molecule has 0 aliphatic carbocycles. The predicted octanol–water partition coefficient (Wildman–Crippen LogP) is 12.8. The first kappa shape index (κ1) is 40.2. The molecule has 0 radical (unpaired) electrons. The Labute approximate surface area is 295 Å². The fraction of sp³-hybridized carbons (Fsp3) is 0.591. The molecular weight excluding hydrogens is 607 g/mol. The molecular formula is C44H67O3P. The summed E-state index contributed by atoms with van der Waals surface area (Å²) < 4.78 is 6.00. The Morgan fingerprint density at radius 2 is 1.00 bits per heavy atom. The van der Waals surface area contributed by atoms with Gasteiger partial charge in [-0.3, -0.25) is 0 Å². The van der Waals surface area contributed by atoms with Crippen LogP contribution in [0.3, 0.4) is 0 Å². The van der Waals surface area contributed by atoms with E-state index in [0.717, 1.165) is 24.8 Å². The van der Waals surface area contributed by atoms with Gasteiger partial charge in [-0.25, -0.2) is 0 Å². The number of para-hydroxylation sites is 1. The van der Waals surface area contributed by atoms with Crippen LogP contribution in [0.15, 0.2) is 48.5 Å². The van der Waals surface area contributed by atoms with Gasteiger partial charge in [-0.05, 0) is 92.5 Å². The molecule has 0 aliphatic rings. The Morgan fingerprint density at radius 1 is 0.562 bits per heavy atom. The normalized spacial score (nSPS) is 13.4. The highest BCUT2D eigenvalue weighted by Gasteiger charge is 2.46. The highest BCUT2D eigenvalue weighted by Crippen LogP contribution is 2.56. The van der Waals surface area contributed by atoms with Crippen LogP contribution in [0.25, 0.3) is 0 Å². The van der Waals surface area contributed by atoms with Crippen LogP contribution in [-0.2, 0) is 27.1 Å². The summed E-state index contributed by atoms with van der Waals surface area (Å²) in [4.78, 5) is 20.7. The van der Waals surface area contributed by atoms with E-state index in [2.05, 4.69) is 140 Å². The fourth-order valence-corrected chi connectivity index (χ4v) is 7.85. The molecule has 3 rings (SSSR count). The van der Waals surface area contributed by atoms with Crippen molar-refractivity contribution < 1.29 is 14.3 Å². The van der Waals surface area contributed by atoms with Gasteiger partial charge in [0, 0.05) is 11.0 Å². The van der Waals surface area contributed by atoms with Gasteiger partial charge < -0.3 is 14.3 Å². The molecule has 0 aliphatic heterocycles. The number of aryl methyl sites for hydroxylation is 2. The Bertz CT molecular complexity index is 1460. The van der Waals surface area contributed by atoms with Crippen molar-refractivity contribution in [1.29, 1.82) is 0 Å². The minimum absolute atomic E-state index is 0.0163. The molecule has 3 aromatic rings. The maximum atomic E-state index is 10.3. The Kier molecular flexibility index (Phi) is 12.5. The van der Waals surface area contributed by atoms with Gasteiger partial charge in [-0.1, -0.05) is 165 Å². The Hall–Kier alpha value is -2.19. The average Bonchev–Trinajstić information content (AvgIpc) is 2.93. The van der Waals surface area contributed by atoms with Crippen LogP contribution in [0.4, 0.5) is 0 Å². The van der Waals surface area contributed by atoms with Crippen molar-refractivity contribution >= 4 is 8.60 Å². The van der Waals surface area contributed by atoms with E-state index < -0.39 is 14.0 Å². The zero-order valence-electron chi connectivity index (χ0n) is 33.1.